The van der Waals surface area contributed by atoms with Gasteiger partial charge in [-0.05, 0) is 19.9 Å². The van der Waals surface area contributed by atoms with Gasteiger partial charge in [0.15, 0.2) is 0 Å². The molecule has 0 aromatic rings. The Morgan fingerprint density at radius 3 is 3.00 bits per heavy atom. The molecule has 82 valence electrons. The van der Waals surface area contributed by atoms with Crippen LogP contribution in [0.1, 0.15) is 20.3 Å². The molecule has 0 bridgehead atoms. The number of esters is 1. The minimum atomic E-state index is -0.129. The van der Waals surface area contributed by atoms with Crippen LogP contribution in [-0.4, -0.2) is 49.7 Å². The largest absolute Gasteiger partial charge is 0.465 e. The number of rotatable bonds is 4. The van der Waals surface area contributed by atoms with E-state index in [2.05, 4.69) is 17.1 Å². The maximum atomic E-state index is 11.4. The van der Waals surface area contributed by atoms with Crippen LogP contribution >= 0.6 is 0 Å². The lowest BCUT2D eigenvalue weighted by molar-refractivity contribution is -0.146. The van der Waals surface area contributed by atoms with Crippen molar-refractivity contribution in [3.63, 3.8) is 0 Å². The lowest BCUT2D eigenvalue weighted by atomic mass is 10.2. The maximum absolute atomic E-state index is 11.4. The average molecular weight is 200 g/mol. The lowest BCUT2D eigenvalue weighted by Crippen LogP contribution is -2.54. The molecule has 1 N–H and O–H groups in total. The summed E-state index contributed by atoms with van der Waals surface area (Å²) in [4.78, 5) is 13.7. The van der Waals surface area contributed by atoms with Crippen LogP contribution in [0.15, 0.2) is 0 Å². The number of nitrogens with one attached hydrogen (secondary N) is 1. The van der Waals surface area contributed by atoms with E-state index in [0.29, 0.717) is 6.61 Å². The van der Waals surface area contributed by atoms with Crippen molar-refractivity contribution in [2.24, 2.45) is 0 Å². The number of piperazine rings is 1. The molecule has 0 aliphatic carbocycles. The highest BCUT2D eigenvalue weighted by molar-refractivity contribution is 5.76. The zero-order chi connectivity index (χ0) is 10.4. The first-order valence-corrected chi connectivity index (χ1v) is 5.40. The van der Waals surface area contributed by atoms with Crippen LogP contribution in [0.4, 0.5) is 0 Å². The molecule has 0 aromatic heterocycles. The van der Waals surface area contributed by atoms with Crippen molar-refractivity contribution in [3.8, 4) is 0 Å². The van der Waals surface area contributed by atoms with Crippen LogP contribution < -0.4 is 5.32 Å². The fourth-order valence-corrected chi connectivity index (χ4v) is 1.73. The molecule has 1 aliphatic heterocycles. The predicted octanol–water partition coefficient (Wildman–Crippen LogP) is 0.233. The van der Waals surface area contributed by atoms with E-state index >= 15 is 0 Å². The van der Waals surface area contributed by atoms with Gasteiger partial charge in [-0.15, -0.1) is 0 Å². The smallest absolute Gasteiger partial charge is 0.324 e. The second-order valence-electron chi connectivity index (χ2n) is 3.56. The van der Waals surface area contributed by atoms with Gasteiger partial charge in [-0.2, -0.15) is 0 Å². The number of carbonyl (C=O) groups excluding carboxylic acids is 1. The molecular weight excluding hydrogens is 180 g/mol. The number of carbonyl (C=O) groups is 1. The third-order valence-electron chi connectivity index (χ3n) is 2.37. The number of ether oxygens (including phenoxy) is 1. The normalized spacial score (nSPS) is 23.4. The fraction of sp³-hybridized carbons (Fsp3) is 0.900. The van der Waals surface area contributed by atoms with Crippen molar-refractivity contribution in [2.45, 2.75) is 26.3 Å². The van der Waals surface area contributed by atoms with E-state index in [4.69, 9.17) is 4.74 Å². The van der Waals surface area contributed by atoms with E-state index < -0.39 is 0 Å². The van der Waals surface area contributed by atoms with Gasteiger partial charge in [0.25, 0.3) is 0 Å². The minimum Gasteiger partial charge on any atom is -0.465 e. The van der Waals surface area contributed by atoms with Crippen LogP contribution in [0.25, 0.3) is 0 Å². The quantitative estimate of drug-likeness (QED) is 0.660. The summed E-state index contributed by atoms with van der Waals surface area (Å²) in [5, 5.41) is 3.18. The molecule has 0 amide bonds. The van der Waals surface area contributed by atoms with Gasteiger partial charge in [0.05, 0.1) is 6.61 Å². The van der Waals surface area contributed by atoms with Crippen molar-refractivity contribution >= 4 is 5.97 Å². The minimum absolute atomic E-state index is 0.117. The predicted molar refractivity (Wildman–Crippen MR) is 55.2 cm³/mol. The van der Waals surface area contributed by atoms with Gasteiger partial charge in [-0.1, -0.05) is 6.92 Å². The molecule has 1 rings (SSSR count). The second kappa shape index (κ2) is 5.98. The number of hydrogen-bond donors (Lipinski definition) is 1. The zero-order valence-electron chi connectivity index (χ0n) is 9.08. The summed E-state index contributed by atoms with van der Waals surface area (Å²) in [5.41, 5.74) is 0. The molecule has 1 fully saturated rings. The number of nitrogens with zero attached hydrogens (tertiary/aromatic N) is 1. The van der Waals surface area contributed by atoms with Crippen molar-refractivity contribution in [2.75, 3.05) is 32.8 Å². The Morgan fingerprint density at radius 1 is 1.57 bits per heavy atom. The zero-order valence-corrected chi connectivity index (χ0v) is 9.08. The van der Waals surface area contributed by atoms with Gasteiger partial charge in [0.1, 0.15) is 6.04 Å². The standard InChI is InChI=1S/C10H20N2O2/c1-3-6-12-7-5-11-9(8-12)10(13)14-4-2/h9,11H,3-8H2,1-2H3. The second-order valence-corrected chi connectivity index (χ2v) is 3.56. The van der Waals surface area contributed by atoms with Gasteiger partial charge in [-0.3, -0.25) is 9.69 Å². The summed E-state index contributed by atoms with van der Waals surface area (Å²) < 4.78 is 4.98. The van der Waals surface area contributed by atoms with Crippen LogP contribution in [0.5, 0.6) is 0 Å². The Balaban J connectivity index is 2.35. The van der Waals surface area contributed by atoms with Gasteiger partial charge in [-0.25, -0.2) is 0 Å². The molecule has 14 heavy (non-hydrogen) atoms. The first-order valence-electron chi connectivity index (χ1n) is 5.40. The molecular formula is C10H20N2O2. The molecule has 0 aromatic carbocycles. The summed E-state index contributed by atoms with van der Waals surface area (Å²) in [7, 11) is 0. The Morgan fingerprint density at radius 2 is 2.36 bits per heavy atom. The van der Waals surface area contributed by atoms with Crippen LogP contribution in [0.2, 0.25) is 0 Å². The van der Waals surface area contributed by atoms with Crippen molar-refractivity contribution in [1.82, 2.24) is 10.2 Å². The SMILES string of the molecule is CCCN1CCNC(C(=O)OCC)C1. The third kappa shape index (κ3) is 3.27. The molecule has 1 unspecified atom stereocenters. The van der Waals surface area contributed by atoms with Crippen LogP contribution in [0, 0.1) is 0 Å². The summed E-state index contributed by atoms with van der Waals surface area (Å²) in [5.74, 6) is -0.117. The lowest BCUT2D eigenvalue weighted by Gasteiger charge is -2.31. The maximum Gasteiger partial charge on any atom is 0.324 e. The van der Waals surface area contributed by atoms with E-state index in [1.54, 1.807) is 0 Å². The highest BCUT2D eigenvalue weighted by Crippen LogP contribution is 2.01. The third-order valence-corrected chi connectivity index (χ3v) is 2.37. The van der Waals surface area contributed by atoms with E-state index in [9.17, 15) is 4.79 Å². The molecule has 0 spiro atoms. The van der Waals surface area contributed by atoms with E-state index in [-0.39, 0.29) is 12.0 Å². The molecule has 1 atom stereocenters. The Kier molecular flexibility index (Phi) is 4.90. The van der Waals surface area contributed by atoms with Crippen LogP contribution in [0.3, 0.4) is 0 Å². The molecule has 1 aliphatic rings. The van der Waals surface area contributed by atoms with Gasteiger partial charge < -0.3 is 10.1 Å². The molecule has 0 saturated carbocycles. The van der Waals surface area contributed by atoms with Crippen molar-refractivity contribution in [1.29, 1.82) is 0 Å². The van der Waals surface area contributed by atoms with E-state index in [1.807, 2.05) is 6.92 Å². The summed E-state index contributed by atoms with van der Waals surface area (Å²) >= 11 is 0. The Labute approximate surface area is 85.6 Å². The van der Waals surface area contributed by atoms with Gasteiger partial charge in [0.2, 0.25) is 0 Å². The highest BCUT2D eigenvalue weighted by Gasteiger charge is 2.25. The first kappa shape index (κ1) is 11.5. The van der Waals surface area contributed by atoms with E-state index in [1.165, 1.54) is 0 Å². The molecule has 0 radical (unpaired) electrons. The van der Waals surface area contributed by atoms with Gasteiger partial charge >= 0.3 is 5.97 Å². The first-order chi connectivity index (χ1) is 6.77. The number of hydrogen-bond acceptors (Lipinski definition) is 4. The van der Waals surface area contributed by atoms with Crippen molar-refractivity contribution in [3.05, 3.63) is 0 Å². The van der Waals surface area contributed by atoms with Crippen molar-refractivity contribution < 1.29 is 9.53 Å². The average Bonchev–Trinajstić information content (AvgIpc) is 2.19. The molecule has 4 nitrogen and oxygen atoms in total. The summed E-state index contributed by atoms with van der Waals surface area (Å²) in [6, 6.07) is -0.129. The summed E-state index contributed by atoms with van der Waals surface area (Å²) in [6.07, 6.45) is 1.13. The molecule has 4 heteroatoms. The molecule has 1 saturated heterocycles. The Hall–Kier alpha value is -0.610. The molecule has 1 heterocycles. The Bertz CT molecular complexity index is 183. The van der Waals surface area contributed by atoms with Gasteiger partial charge in [0, 0.05) is 19.6 Å². The fourth-order valence-electron chi connectivity index (χ4n) is 1.73. The summed E-state index contributed by atoms with van der Waals surface area (Å²) in [6.45, 7) is 8.22. The monoisotopic (exact) mass is 200 g/mol. The van der Waals surface area contributed by atoms with E-state index in [0.717, 1.165) is 32.6 Å². The van der Waals surface area contributed by atoms with Crippen LogP contribution in [-0.2, 0) is 9.53 Å². The highest BCUT2D eigenvalue weighted by atomic mass is 16.5. The topological polar surface area (TPSA) is 41.6 Å².